The third-order valence-corrected chi connectivity index (χ3v) is 4.27. The van der Waals surface area contributed by atoms with Crippen LogP contribution >= 0.6 is 11.5 Å². The number of aryl methyl sites for hydroxylation is 1. The summed E-state index contributed by atoms with van der Waals surface area (Å²) in [7, 11) is 0. The van der Waals surface area contributed by atoms with Gasteiger partial charge in [0, 0.05) is 17.6 Å². The maximum absolute atomic E-state index is 12.3. The molecule has 0 aliphatic heterocycles. The minimum Gasteiger partial charge on any atom is -0.322 e. The topological polar surface area (TPSA) is 45.2 Å². The first-order chi connectivity index (χ1) is 10.2. The molecule has 5 heteroatoms. The smallest absolute Gasteiger partial charge is 0.258 e. The summed E-state index contributed by atoms with van der Waals surface area (Å²) in [5.41, 5.74) is 3.44. The van der Waals surface area contributed by atoms with Crippen LogP contribution in [0, 0.1) is 6.92 Å². The summed E-state index contributed by atoms with van der Waals surface area (Å²) in [6.07, 6.45) is 0. The van der Waals surface area contributed by atoms with E-state index < -0.39 is 0 Å². The van der Waals surface area contributed by atoms with Gasteiger partial charge in [0.05, 0.1) is 11.3 Å². The van der Waals surface area contributed by atoms with Crippen molar-refractivity contribution in [2.45, 2.75) is 27.3 Å². The van der Waals surface area contributed by atoms with Crippen molar-refractivity contribution in [2.75, 3.05) is 18.4 Å². The van der Waals surface area contributed by atoms with Gasteiger partial charge in [-0.3, -0.25) is 9.69 Å². The summed E-state index contributed by atoms with van der Waals surface area (Å²) >= 11 is 1.31. The predicted octanol–water partition coefficient (Wildman–Crippen LogP) is 3.55. The van der Waals surface area contributed by atoms with Crippen LogP contribution in [0.5, 0.6) is 0 Å². The van der Waals surface area contributed by atoms with Gasteiger partial charge >= 0.3 is 0 Å². The van der Waals surface area contributed by atoms with E-state index in [9.17, 15) is 4.79 Å². The van der Waals surface area contributed by atoms with Gasteiger partial charge in [0.2, 0.25) is 0 Å². The van der Waals surface area contributed by atoms with Gasteiger partial charge in [0.25, 0.3) is 5.91 Å². The third kappa shape index (κ3) is 3.89. The Labute approximate surface area is 130 Å². The Morgan fingerprint density at radius 3 is 2.62 bits per heavy atom. The largest absolute Gasteiger partial charge is 0.322 e. The first kappa shape index (κ1) is 15.7. The van der Waals surface area contributed by atoms with E-state index in [0.29, 0.717) is 5.56 Å². The molecule has 2 aromatic rings. The number of carbonyl (C=O) groups excluding carboxylic acids is 1. The zero-order valence-corrected chi connectivity index (χ0v) is 13.5. The van der Waals surface area contributed by atoms with Crippen LogP contribution in [0.15, 0.2) is 29.6 Å². The molecule has 0 bridgehead atoms. The zero-order chi connectivity index (χ0) is 15.2. The molecule has 0 spiro atoms. The quantitative estimate of drug-likeness (QED) is 0.887. The molecule has 112 valence electrons. The zero-order valence-electron chi connectivity index (χ0n) is 12.7. The number of anilines is 1. The summed E-state index contributed by atoms with van der Waals surface area (Å²) in [6, 6.07) is 7.96. The molecule has 0 atom stereocenters. The molecule has 1 aromatic heterocycles. The molecule has 1 amide bonds. The van der Waals surface area contributed by atoms with Gasteiger partial charge < -0.3 is 5.32 Å². The van der Waals surface area contributed by atoms with Gasteiger partial charge in [-0.1, -0.05) is 32.0 Å². The van der Waals surface area contributed by atoms with Crippen LogP contribution in [0.3, 0.4) is 0 Å². The minimum atomic E-state index is -0.0896. The van der Waals surface area contributed by atoms with Crippen molar-refractivity contribution in [3.8, 4) is 0 Å². The molecule has 1 N–H and O–H groups in total. The normalized spacial score (nSPS) is 10.9. The summed E-state index contributed by atoms with van der Waals surface area (Å²) < 4.78 is 4.15. The van der Waals surface area contributed by atoms with Crippen molar-refractivity contribution >= 4 is 23.1 Å². The van der Waals surface area contributed by atoms with Gasteiger partial charge in [-0.05, 0) is 43.2 Å². The van der Waals surface area contributed by atoms with Gasteiger partial charge in [0.15, 0.2) is 0 Å². The van der Waals surface area contributed by atoms with Crippen LogP contribution in [0.1, 0.15) is 35.5 Å². The SMILES string of the molecule is CCN(CC)Cc1ccccc1NC(=O)c1csnc1C. The molecule has 0 fully saturated rings. The highest BCUT2D eigenvalue weighted by molar-refractivity contribution is 7.04. The monoisotopic (exact) mass is 303 g/mol. The number of amides is 1. The van der Waals surface area contributed by atoms with Gasteiger partial charge in [-0.15, -0.1) is 0 Å². The number of aromatic nitrogens is 1. The molecule has 4 nitrogen and oxygen atoms in total. The second kappa shape index (κ2) is 7.33. The number of hydrogen-bond donors (Lipinski definition) is 1. The van der Waals surface area contributed by atoms with Crippen LogP contribution < -0.4 is 5.32 Å². The third-order valence-electron chi connectivity index (χ3n) is 3.55. The van der Waals surface area contributed by atoms with E-state index in [1.807, 2.05) is 25.1 Å². The van der Waals surface area contributed by atoms with Crippen LogP contribution in [-0.4, -0.2) is 28.3 Å². The highest BCUT2D eigenvalue weighted by atomic mass is 32.1. The lowest BCUT2D eigenvalue weighted by Gasteiger charge is -2.20. The molecular weight excluding hydrogens is 282 g/mol. The van der Waals surface area contributed by atoms with E-state index in [4.69, 9.17) is 0 Å². The molecule has 0 saturated heterocycles. The first-order valence-corrected chi connectivity index (χ1v) is 8.02. The Bertz CT molecular complexity index is 605. The maximum atomic E-state index is 12.3. The van der Waals surface area contributed by atoms with E-state index in [1.165, 1.54) is 11.5 Å². The molecule has 1 heterocycles. The molecule has 0 aliphatic carbocycles. The standard InChI is InChI=1S/C16H21N3OS/c1-4-19(5-2)10-13-8-6-7-9-15(13)17-16(20)14-11-21-18-12(14)3/h6-9,11H,4-5,10H2,1-3H3,(H,17,20). The van der Waals surface area contributed by atoms with Crippen molar-refractivity contribution < 1.29 is 4.79 Å². The number of nitrogens with zero attached hydrogens (tertiary/aromatic N) is 2. The number of hydrogen-bond acceptors (Lipinski definition) is 4. The average Bonchev–Trinajstić information content (AvgIpc) is 2.92. The Morgan fingerprint density at radius 2 is 2.00 bits per heavy atom. The van der Waals surface area contributed by atoms with Crippen molar-refractivity contribution in [1.82, 2.24) is 9.27 Å². The second-order valence-electron chi connectivity index (χ2n) is 4.89. The van der Waals surface area contributed by atoms with E-state index in [0.717, 1.165) is 36.6 Å². The fourth-order valence-corrected chi connectivity index (χ4v) is 2.86. The number of rotatable bonds is 6. The van der Waals surface area contributed by atoms with Crippen molar-refractivity contribution in [1.29, 1.82) is 0 Å². The molecule has 21 heavy (non-hydrogen) atoms. The molecular formula is C16H21N3OS. The average molecular weight is 303 g/mol. The summed E-state index contributed by atoms with van der Waals surface area (Å²) in [5.74, 6) is -0.0896. The van der Waals surface area contributed by atoms with Crippen molar-refractivity contribution in [3.63, 3.8) is 0 Å². The Balaban J connectivity index is 2.17. The van der Waals surface area contributed by atoms with Crippen LogP contribution in [0.2, 0.25) is 0 Å². The van der Waals surface area contributed by atoms with Crippen molar-refractivity contribution in [3.05, 3.63) is 46.5 Å². The second-order valence-corrected chi connectivity index (χ2v) is 5.52. The number of nitrogens with one attached hydrogen (secondary N) is 1. The first-order valence-electron chi connectivity index (χ1n) is 7.18. The Hall–Kier alpha value is -1.72. The fourth-order valence-electron chi connectivity index (χ4n) is 2.17. The van der Waals surface area contributed by atoms with Gasteiger partial charge in [0.1, 0.15) is 0 Å². The molecule has 0 radical (unpaired) electrons. The summed E-state index contributed by atoms with van der Waals surface area (Å²) in [5, 5.41) is 4.80. The van der Waals surface area contributed by atoms with E-state index in [2.05, 4.69) is 34.5 Å². The lowest BCUT2D eigenvalue weighted by Crippen LogP contribution is -2.23. The highest BCUT2D eigenvalue weighted by Crippen LogP contribution is 2.19. The van der Waals surface area contributed by atoms with Gasteiger partial charge in [-0.25, -0.2) is 0 Å². The summed E-state index contributed by atoms with van der Waals surface area (Å²) in [6.45, 7) is 8.96. The van der Waals surface area contributed by atoms with Gasteiger partial charge in [-0.2, -0.15) is 4.37 Å². The number of para-hydroxylation sites is 1. The van der Waals surface area contributed by atoms with E-state index >= 15 is 0 Å². The number of benzene rings is 1. The Kier molecular flexibility index (Phi) is 5.47. The molecule has 0 saturated carbocycles. The van der Waals surface area contributed by atoms with Crippen LogP contribution in [0.4, 0.5) is 5.69 Å². The van der Waals surface area contributed by atoms with Crippen LogP contribution in [-0.2, 0) is 6.54 Å². The highest BCUT2D eigenvalue weighted by Gasteiger charge is 2.13. The van der Waals surface area contributed by atoms with E-state index in [1.54, 1.807) is 5.38 Å². The Morgan fingerprint density at radius 1 is 1.29 bits per heavy atom. The molecule has 0 unspecified atom stereocenters. The fraction of sp³-hybridized carbons (Fsp3) is 0.375. The number of carbonyl (C=O) groups is 1. The molecule has 1 aromatic carbocycles. The van der Waals surface area contributed by atoms with Crippen molar-refractivity contribution in [2.24, 2.45) is 0 Å². The minimum absolute atomic E-state index is 0.0896. The van der Waals surface area contributed by atoms with Crippen LogP contribution in [0.25, 0.3) is 0 Å². The lowest BCUT2D eigenvalue weighted by molar-refractivity contribution is 0.102. The lowest BCUT2D eigenvalue weighted by atomic mass is 10.1. The predicted molar refractivity (Wildman–Crippen MR) is 87.9 cm³/mol. The maximum Gasteiger partial charge on any atom is 0.258 e. The molecule has 0 aliphatic rings. The summed E-state index contributed by atoms with van der Waals surface area (Å²) in [4.78, 5) is 14.6. The molecule has 2 rings (SSSR count). The van der Waals surface area contributed by atoms with E-state index in [-0.39, 0.29) is 5.91 Å².